The Morgan fingerprint density at radius 2 is 1.08 bits per heavy atom. The maximum Gasteiger partial charge on any atom is 0.398 e. The summed E-state index contributed by atoms with van der Waals surface area (Å²) in [5.74, 6) is -1.58. The Bertz CT molecular complexity index is 3610. The van der Waals surface area contributed by atoms with Crippen LogP contribution in [0.15, 0.2) is 17.8 Å². The minimum absolute atomic E-state index is 0.185. The Morgan fingerprint density at radius 3 is 1.62 bits per heavy atom. The molecule has 45 nitrogen and oxygen atoms in total. The third-order valence-corrected chi connectivity index (χ3v) is 17.0. The molecule has 1 aromatic rings. The van der Waals surface area contributed by atoms with Crippen LogP contribution in [-0.4, -0.2) is 255 Å². The SMILES string of the molecule is CCOCCn1cc(CO[C@@H]2C[C@H](COS(=O)(=O)O)[C@@H](O[C@@H]3C[C@@H](OS(=O)(=O)O)[C@H](O[C@@H]4C[C@@H](OS(=O)(=O)O)[C@H](N([C@H]5C=C(COS(=O)(=O)O)C(OS(=O)(=O)O)[C@H](OS(=O)(=O)O)C5)S(=O)(=O)O)[C@@H](C)O4)[C@@H](COS(=O)(=O)O)O3)[C@H](OS(=O)(=O)O)C2)nn1. The lowest BCUT2D eigenvalue weighted by molar-refractivity contribution is -0.321. The number of rotatable bonds is 33. The van der Waals surface area contributed by atoms with E-state index >= 15 is 0 Å². The van der Waals surface area contributed by atoms with E-state index in [1.54, 1.807) is 6.92 Å². The minimum Gasteiger partial charge on any atom is -0.380 e. The molecule has 0 bridgehead atoms. The first-order chi connectivity index (χ1) is 39.5. The van der Waals surface area contributed by atoms with Gasteiger partial charge in [0.25, 0.3) is 0 Å². The first-order valence-corrected chi connectivity index (χ1v) is 36.1. The van der Waals surface area contributed by atoms with Crippen LogP contribution in [0.2, 0.25) is 0 Å². The van der Waals surface area contributed by atoms with E-state index in [0.717, 1.165) is 6.92 Å². The average molecular weight is 1450 g/mol. The normalized spacial score (nSPS) is 30.5. The van der Waals surface area contributed by atoms with E-state index < -0.39 is 243 Å². The van der Waals surface area contributed by atoms with Gasteiger partial charge < -0.3 is 28.4 Å². The van der Waals surface area contributed by atoms with Crippen LogP contribution < -0.4 is 0 Å². The van der Waals surface area contributed by atoms with E-state index in [-0.39, 0.29) is 29.8 Å². The van der Waals surface area contributed by atoms with Gasteiger partial charge in [0.2, 0.25) is 0 Å². The van der Waals surface area contributed by atoms with Gasteiger partial charge in [0.15, 0.2) is 12.6 Å². The molecule has 0 aromatic carbocycles. The highest BCUT2D eigenvalue weighted by Crippen LogP contribution is 2.40. The molecule has 9 N–H and O–H groups in total. The van der Waals surface area contributed by atoms with E-state index in [1.807, 2.05) is 0 Å². The molecule has 0 amide bonds. The fraction of sp³-hybridized carbons (Fsp3) is 0.879. The topological polar surface area (TPSA) is 653 Å². The molecule has 2 aliphatic heterocycles. The van der Waals surface area contributed by atoms with E-state index in [0.29, 0.717) is 12.7 Å². The van der Waals surface area contributed by atoms with Gasteiger partial charge in [-0.05, 0) is 32.3 Å². The second kappa shape index (κ2) is 29.6. The fourth-order valence-corrected chi connectivity index (χ4v) is 14.0. The standard InChI is InChI=1S/C33H56N4O41S9/c1-3-65-5-4-36-12-20(34-35-36)15-66-22-7-19(14-68-81(44,45)46)31(25(9-22)76-85(56,57)58)72-29-11-26(77-86(59,60)61)33(27(71-29)16-69-82(47,48)49)73-28-10-23(74-83(50,51)52)30(17(2)70-28)37(79(38,39)40)21-6-18(13-67-80(41,42)43)32(78-87(62,63)64)24(8-21)75-84(53,54)55/h6,12,17,19,21-33H,3-5,7-11,13-16H2,1-2H3,(H,38,39,40)(H,41,42,43)(H,44,45,46)(H,47,48,49)(H,50,51,52)(H,53,54,55)(H,56,57,58)(H,59,60,61)(H,62,63,64)/t17-,19-,21+,22-,23-,24-,25-,26-,27-,28-,29-,30-,31-,32?,33+/m1/s1. The molecule has 3 fully saturated rings. The number of hydrogen-bond acceptors (Lipinski definition) is 34. The van der Waals surface area contributed by atoms with Crippen molar-refractivity contribution in [2.24, 2.45) is 5.92 Å². The third kappa shape index (κ3) is 26.2. The molecule has 2 saturated heterocycles. The lowest BCUT2D eigenvalue weighted by Crippen LogP contribution is -2.63. The Balaban J connectivity index is 1.54. The Kier molecular flexibility index (Phi) is 25.6. The van der Waals surface area contributed by atoms with E-state index in [4.69, 9.17) is 41.0 Å². The van der Waals surface area contributed by atoms with Gasteiger partial charge in [-0.3, -0.25) is 41.0 Å². The minimum atomic E-state index is -6.08. The van der Waals surface area contributed by atoms with Crippen molar-refractivity contribution >= 4 is 93.5 Å². The average Bonchev–Trinajstić information content (AvgIpc) is 1.14. The number of hydrogen-bond donors (Lipinski definition) is 9. The van der Waals surface area contributed by atoms with Crippen molar-refractivity contribution in [3.63, 3.8) is 0 Å². The molecule has 1 aromatic heterocycles. The van der Waals surface area contributed by atoms with Gasteiger partial charge in [-0.15, -0.1) is 5.10 Å². The van der Waals surface area contributed by atoms with Crippen molar-refractivity contribution in [2.45, 2.75) is 145 Å². The molecule has 1 saturated carbocycles. The molecule has 3 heterocycles. The summed E-state index contributed by atoms with van der Waals surface area (Å²) in [5.41, 5.74) is -0.943. The molecule has 508 valence electrons. The van der Waals surface area contributed by atoms with Crippen molar-refractivity contribution in [2.75, 3.05) is 33.0 Å². The van der Waals surface area contributed by atoms with Gasteiger partial charge >= 0.3 is 93.5 Å². The van der Waals surface area contributed by atoms with E-state index in [2.05, 4.69) is 31.2 Å². The Morgan fingerprint density at radius 1 is 0.575 bits per heavy atom. The van der Waals surface area contributed by atoms with Crippen LogP contribution in [0.1, 0.15) is 51.6 Å². The van der Waals surface area contributed by atoms with Crippen LogP contribution in [0, 0.1) is 5.92 Å². The molecule has 2 aliphatic carbocycles. The summed E-state index contributed by atoms with van der Waals surface area (Å²) in [5, 5.41) is 7.82. The Labute approximate surface area is 496 Å². The van der Waals surface area contributed by atoms with Crippen molar-refractivity contribution < 1.29 is 179 Å². The molecule has 1 unspecified atom stereocenters. The predicted octanol–water partition coefficient (Wildman–Crippen LogP) is -4.80. The zero-order chi connectivity index (χ0) is 65.7. The monoisotopic (exact) mass is 1450 g/mol. The number of ether oxygens (including phenoxy) is 6. The van der Waals surface area contributed by atoms with E-state index in [1.165, 1.54) is 10.9 Å². The fourth-order valence-electron chi connectivity index (χ4n) is 9.47. The molecule has 0 spiro atoms. The van der Waals surface area contributed by atoms with Crippen LogP contribution in [-0.2, 0) is 169 Å². The zero-order valence-corrected chi connectivity index (χ0v) is 51.2. The molecule has 54 heteroatoms. The van der Waals surface area contributed by atoms with Crippen LogP contribution in [0.25, 0.3) is 0 Å². The van der Waals surface area contributed by atoms with Gasteiger partial charge in [-0.2, -0.15) is 80.1 Å². The van der Waals surface area contributed by atoms with Crippen molar-refractivity contribution in [3.05, 3.63) is 23.5 Å². The highest BCUT2D eigenvalue weighted by Gasteiger charge is 2.55. The summed E-state index contributed by atoms with van der Waals surface area (Å²) in [6.45, 7) is -1.36. The Hall–Kier alpha value is -2.53. The highest BCUT2D eigenvalue weighted by molar-refractivity contribution is 7.83. The summed E-state index contributed by atoms with van der Waals surface area (Å²) in [6.07, 6.45) is -30.2. The van der Waals surface area contributed by atoms with Gasteiger partial charge in [0.1, 0.15) is 48.4 Å². The molecule has 15 atom stereocenters. The summed E-state index contributed by atoms with van der Waals surface area (Å²) >= 11 is 0. The molecule has 87 heavy (non-hydrogen) atoms. The first-order valence-electron chi connectivity index (χ1n) is 23.8. The van der Waals surface area contributed by atoms with Gasteiger partial charge in [-0.1, -0.05) is 11.3 Å². The number of nitrogens with zero attached hydrogens (tertiary/aromatic N) is 4. The van der Waals surface area contributed by atoms with Crippen LogP contribution in [0.4, 0.5) is 0 Å². The summed E-state index contributed by atoms with van der Waals surface area (Å²) in [6, 6.07) is -4.90. The summed E-state index contributed by atoms with van der Waals surface area (Å²) < 4.78 is 379. The second-order valence-corrected chi connectivity index (χ2v) is 28.4. The second-order valence-electron chi connectivity index (χ2n) is 18.5. The van der Waals surface area contributed by atoms with Crippen LogP contribution in [0.3, 0.4) is 0 Å². The lowest BCUT2D eigenvalue weighted by Gasteiger charge is -2.48. The first kappa shape index (κ1) is 75.2. The third-order valence-electron chi connectivity index (χ3n) is 12.2. The smallest absolute Gasteiger partial charge is 0.380 e. The number of aromatic nitrogens is 3. The van der Waals surface area contributed by atoms with Gasteiger partial charge in [-0.25, -0.2) is 38.1 Å². The lowest BCUT2D eigenvalue weighted by atomic mass is 9.82. The largest absolute Gasteiger partial charge is 0.398 e. The highest BCUT2D eigenvalue weighted by atomic mass is 32.3. The van der Waals surface area contributed by atoms with Crippen LogP contribution in [0.5, 0.6) is 0 Å². The predicted molar refractivity (Wildman–Crippen MR) is 268 cm³/mol. The van der Waals surface area contributed by atoms with Crippen molar-refractivity contribution in [1.29, 1.82) is 0 Å². The molecule has 0 radical (unpaired) electrons. The van der Waals surface area contributed by atoms with Crippen LogP contribution >= 0.6 is 0 Å². The van der Waals surface area contributed by atoms with Crippen molar-refractivity contribution in [1.82, 2.24) is 19.3 Å². The maximum absolute atomic E-state index is 13.4. The summed E-state index contributed by atoms with van der Waals surface area (Å²) in [4.78, 5) is 0. The van der Waals surface area contributed by atoms with Crippen molar-refractivity contribution in [3.8, 4) is 0 Å². The molecule has 4 aliphatic rings. The summed E-state index contributed by atoms with van der Waals surface area (Å²) in [7, 11) is -51.6. The quantitative estimate of drug-likeness (QED) is 0.0181. The maximum atomic E-state index is 13.4. The van der Waals surface area contributed by atoms with Gasteiger partial charge in [0, 0.05) is 37.8 Å². The molecular weight excluding hydrogens is 1400 g/mol. The molecule has 5 rings (SSSR count). The molecular formula is C33H56N4O41S9. The zero-order valence-electron chi connectivity index (χ0n) is 43.9. The van der Waals surface area contributed by atoms with Gasteiger partial charge in [0.05, 0.1) is 70.1 Å². The van der Waals surface area contributed by atoms with E-state index in [9.17, 15) is 117 Å².